The summed E-state index contributed by atoms with van der Waals surface area (Å²) < 4.78 is 15.6. The molecule has 0 saturated carbocycles. The minimum atomic E-state index is -0.399. The number of nitrogens with one attached hydrogen (secondary N) is 2. The molecule has 1 unspecified atom stereocenters. The van der Waals surface area contributed by atoms with Gasteiger partial charge in [-0.25, -0.2) is 9.37 Å². The van der Waals surface area contributed by atoms with Crippen molar-refractivity contribution in [2.24, 2.45) is 0 Å². The van der Waals surface area contributed by atoms with E-state index in [2.05, 4.69) is 15.6 Å². The molecule has 6 nitrogen and oxygen atoms in total. The number of nitrogens with zero attached hydrogens (tertiary/aromatic N) is 2. The third kappa shape index (κ3) is 4.18. The van der Waals surface area contributed by atoms with E-state index in [1.54, 1.807) is 18.2 Å². The molecule has 3 rings (SSSR count). The van der Waals surface area contributed by atoms with Gasteiger partial charge < -0.3 is 15.2 Å². The van der Waals surface area contributed by atoms with E-state index in [4.69, 9.17) is 0 Å². The molecule has 0 aliphatic carbocycles. The van der Waals surface area contributed by atoms with Gasteiger partial charge in [-0.2, -0.15) is 0 Å². The molecule has 2 N–H and O–H groups in total. The van der Waals surface area contributed by atoms with Crippen molar-refractivity contribution in [2.45, 2.75) is 58.7 Å². The molecule has 1 atom stereocenters. The quantitative estimate of drug-likeness (QED) is 0.819. The molecule has 2 aromatic rings. The van der Waals surface area contributed by atoms with Crippen molar-refractivity contribution in [1.29, 1.82) is 0 Å². The second-order valence-corrected chi connectivity index (χ2v) is 6.90. The summed E-state index contributed by atoms with van der Waals surface area (Å²) in [6.07, 6.45) is 3.43. The second kappa shape index (κ2) is 8.33. The zero-order chi connectivity index (χ0) is 19.4. The van der Waals surface area contributed by atoms with Crippen LogP contribution in [0.2, 0.25) is 0 Å². The zero-order valence-corrected chi connectivity index (χ0v) is 15.7. The number of rotatable bonds is 6. The van der Waals surface area contributed by atoms with E-state index in [-0.39, 0.29) is 30.1 Å². The number of hydrogen-bond acceptors (Lipinski definition) is 3. The van der Waals surface area contributed by atoms with Gasteiger partial charge in [-0.15, -0.1) is 0 Å². The highest BCUT2D eigenvalue weighted by molar-refractivity contribution is 5.97. The Kier molecular flexibility index (Phi) is 5.88. The third-order valence-corrected chi connectivity index (χ3v) is 4.92. The molecule has 0 fully saturated rings. The molecule has 0 bridgehead atoms. The summed E-state index contributed by atoms with van der Waals surface area (Å²) in [7, 11) is 0. The third-order valence-electron chi connectivity index (χ3n) is 4.92. The molecule has 144 valence electrons. The lowest BCUT2D eigenvalue weighted by atomic mass is 10.1. The lowest BCUT2D eigenvalue weighted by Crippen LogP contribution is -2.33. The first kappa shape index (κ1) is 19.1. The van der Waals surface area contributed by atoms with Gasteiger partial charge in [0.25, 0.3) is 11.8 Å². The summed E-state index contributed by atoms with van der Waals surface area (Å²) in [6.45, 7) is 4.65. The average Bonchev–Trinajstić information content (AvgIpc) is 3.07. The fraction of sp³-hybridized carbons (Fsp3) is 0.450. The van der Waals surface area contributed by atoms with Crippen molar-refractivity contribution in [3.8, 4) is 0 Å². The molecule has 27 heavy (non-hydrogen) atoms. The van der Waals surface area contributed by atoms with Gasteiger partial charge in [0, 0.05) is 24.7 Å². The summed E-state index contributed by atoms with van der Waals surface area (Å²) >= 11 is 0. The number of amides is 2. The lowest BCUT2D eigenvalue weighted by molar-refractivity contribution is 0.0932. The molecule has 1 aromatic carbocycles. The van der Waals surface area contributed by atoms with Gasteiger partial charge >= 0.3 is 0 Å². The Bertz CT molecular complexity index is 847. The lowest BCUT2D eigenvalue weighted by Gasteiger charge is -2.17. The first-order chi connectivity index (χ1) is 13.0. The summed E-state index contributed by atoms with van der Waals surface area (Å²) in [4.78, 5) is 29.6. The minimum absolute atomic E-state index is 0.0387. The van der Waals surface area contributed by atoms with Gasteiger partial charge in [0.2, 0.25) is 0 Å². The van der Waals surface area contributed by atoms with Crippen LogP contribution in [0, 0.1) is 5.82 Å². The van der Waals surface area contributed by atoms with E-state index in [0.29, 0.717) is 17.8 Å². The van der Waals surface area contributed by atoms with Crippen LogP contribution in [-0.2, 0) is 19.5 Å². The highest BCUT2D eigenvalue weighted by Crippen LogP contribution is 2.21. The number of carbonyl (C=O) groups is 2. The topological polar surface area (TPSA) is 76.0 Å². The molecular formula is C20H25FN4O2. The number of imidazole rings is 1. The second-order valence-electron chi connectivity index (χ2n) is 6.90. The molecule has 1 aromatic heterocycles. The van der Waals surface area contributed by atoms with E-state index >= 15 is 0 Å². The summed E-state index contributed by atoms with van der Waals surface area (Å²) in [6, 6.07) is 6.35. The smallest absolute Gasteiger partial charge is 0.287 e. The first-order valence-electron chi connectivity index (χ1n) is 9.43. The molecule has 7 heteroatoms. The van der Waals surface area contributed by atoms with Crippen molar-refractivity contribution in [3.05, 3.63) is 52.9 Å². The van der Waals surface area contributed by atoms with Gasteiger partial charge in [0.15, 0.2) is 5.82 Å². The minimum Gasteiger partial charge on any atom is -0.348 e. The summed E-state index contributed by atoms with van der Waals surface area (Å²) in [5, 5.41) is 5.63. The molecule has 0 radical (unpaired) electrons. The molecule has 0 spiro atoms. The molecule has 1 aliphatic heterocycles. The molecular weight excluding hydrogens is 347 g/mol. The van der Waals surface area contributed by atoms with Crippen molar-refractivity contribution >= 4 is 11.8 Å². The van der Waals surface area contributed by atoms with Crippen LogP contribution in [0.25, 0.3) is 0 Å². The largest absolute Gasteiger partial charge is 0.348 e. The highest BCUT2D eigenvalue weighted by Gasteiger charge is 2.27. The van der Waals surface area contributed by atoms with Crippen molar-refractivity contribution in [1.82, 2.24) is 20.2 Å². The van der Waals surface area contributed by atoms with Crippen LogP contribution in [0.4, 0.5) is 4.39 Å². The van der Waals surface area contributed by atoms with Crippen LogP contribution in [-0.4, -0.2) is 27.4 Å². The van der Waals surface area contributed by atoms with Gasteiger partial charge in [0.1, 0.15) is 11.5 Å². The maximum atomic E-state index is 13.8. The molecule has 1 aliphatic rings. The Balaban J connectivity index is 1.81. The maximum absolute atomic E-state index is 13.8. The molecule has 0 saturated heterocycles. The van der Waals surface area contributed by atoms with E-state index in [1.165, 1.54) is 6.07 Å². The summed E-state index contributed by atoms with van der Waals surface area (Å²) in [5.74, 6) is -0.793. The van der Waals surface area contributed by atoms with Crippen molar-refractivity contribution in [2.75, 3.05) is 0 Å². The number of carbonyl (C=O) groups excluding carboxylic acids is 2. The Hall–Kier alpha value is -2.70. The first-order valence-corrected chi connectivity index (χ1v) is 9.43. The highest BCUT2D eigenvalue weighted by atomic mass is 19.1. The molecule has 2 heterocycles. The number of hydrogen-bond donors (Lipinski definition) is 2. The van der Waals surface area contributed by atoms with Crippen molar-refractivity contribution < 1.29 is 14.0 Å². The zero-order valence-electron chi connectivity index (χ0n) is 15.7. The normalized spacial score (nSPS) is 14.3. The van der Waals surface area contributed by atoms with Gasteiger partial charge in [-0.3, -0.25) is 9.59 Å². The molecule has 2 amide bonds. The SMILES string of the molecule is CCC(C)NC(=O)c1nc(C(=O)NCc2ccccc2F)n2c1CCCC2. The number of aromatic nitrogens is 2. The van der Waals surface area contributed by atoms with E-state index < -0.39 is 5.91 Å². The Morgan fingerprint density at radius 1 is 1.26 bits per heavy atom. The summed E-state index contributed by atoms with van der Waals surface area (Å²) in [5.41, 5.74) is 1.54. The number of benzene rings is 1. The van der Waals surface area contributed by atoms with Crippen LogP contribution in [0.3, 0.4) is 0 Å². The van der Waals surface area contributed by atoms with E-state index in [9.17, 15) is 14.0 Å². The fourth-order valence-corrected chi connectivity index (χ4v) is 3.19. The Morgan fingerprint density at radius 3 is 2.78 bits per heavy atom. The van der Waals surface area contributed by atoms with Crippen molar-refractivity contribution in [3.63, 3.8) is 0 Å². The average molecular weight is 372 g/mol. The predicted molar refractivity (Wildman–Crippen MR) is 100.0 cm³/mol. The maximum Gasteiger partial charge on any atom is 0.287 e. The van der Waals surface area contributed by atoms with Crippen LogP contribution in [0.1, 0.15) is 65.5 Å². The van der Waals surface area contributed by atoms with Crippen LogP contribution in [0.5, 0.6) is 0 Å². The van der Waals surface area contributed by atoms with Gasteiger partial charge in [-0.1, -0.05) is 25.1 Å². The standard InChI is InChI=1S/C20H25FN4O2/c1-3-13(2)23-19(26)17-16-10-6-7-11-25(16)18(24-17)20(27)22-12-14-8-4-5-9-15(14)21/h4-5,8-9,13H,3,6-7,10-12H2,1-2H3,(H,22,27)(H,23,26). The van der Waals surface area contributed by atoms with E-state index in [1.807, 2.05) is 18.4 Å². The Labute approximate surface area is 158 Å². The monoisotopic (exact) mass is 372 g/mol. The Morgan fingerprint density at radius 2 is 2.04 bits per heavy atom. The predicted octanol–water partition coefficient (Wildman–Crippen LogP) is 2.82. The van der Waals surface area contributed by atoms with Gasteiger partial charge in [-0.05, 0) is 38.7 Å². The van der Waals surface area contributed by atoms with Crippen LogP contribution >= 0.6 is 0 Å². The number of halogens is 1. The van der Waals surface area contributed by atoms with Crippen LogP contribution in [0.15, 0.2) is 24.3 Å². The van der Waals surface area contributed by atoms with Crippen LogP contribution < -0.4 is 10.6 Å². The van der Waals surface area contributed by atoms with Gasteiger partial charge in [0.05, 0.1) is 5.69 Å². The fourth-order valence-electron chi connectivity index (χ4n) is 3.19. The van der Waals surface area contributed by atoms with E-state index in [0.717, 1.165) is 31.4 Å². The number of fused-ring (bicyclic) bond motifs is 1.